The van der Waals surface area contributed by atoms with Gasteiger partial charge in [-0.15, -0.1) is 12.4 Å². The van der Waals surface area contributed by atoms with Gasteiger partial charge >= 0.3 is 0 Å². The first-order chi connectivity index (χ1) is 10.2. The molecule has 0 saturated carbocycles. The molecule has 3 nitrogen and oxygen atoms in total. The van der Waals surface area contributed by atoms with Crippen LogP contribution in [-0.4, -0.2) is 24.7 Å². The monoisotopic (exact) mass is 334 g/mol. The van der Waals surface area contributed by atoms with E-state index in [0.717, 1.165) is 11.4 Å². The molecule has 0 aromatic heterocycles. The van der Waals surface area contributed by atoms with Crippen LogP contribution >= 0.6 is 24.0 Å². The average Bonchev–Trinajstić information content (AvgIpc) is 2.56. The number of aliphatic imine (C=N–C) groups is 1. The Bertz CT molecular complexity index is 669. The highest BCUT2D eigenvalue weighted by molar-refractivity contribution is 6.30. The second-order valence-electron chi connectivity index (χ2n) is 5.00. The molecule has 1 aliphatic heterocycles. The molecule has 1 aliphatic rings. The lowest BCUT2D eigenvalue weighted by Crippen LogP contribution is -2.39. The van der Waals surface area contributed by atoms with Gasteiger partial charge in [-0.3, -0.25) is 9.79 Å². The molecule has 1 N–H and O–H groups in total. The van der Waals surface area contributed by atoms with Gasteiger partial charge in [-0.05, 0) is 24.3 Å². The van der Waals surface area contributed by atoms with E-state index in [9.17, 15) is 4.79 Å². The first-order valence-corrected chi connectivity index (χ1v) is 7.25. The molecule has 0 spiro atoms. The zero-order valence-corrected chi connectivity index (χ0v) is 13.4. The molecular weight excluding hydrogens is 319 g/mol. The van der Waals surface area contributed by atoms with E-state index in [1.54, 1.807) is 24.3 Å². The Balaban J connectivity index is 0.00000176. The van der Waals surface area contributed by atoms with Crippen molar-refractivity contribution >= 4 is 35.6 Å². The van der Waals surface area contributed by atoms with Crippen LogP contribution in [0.4, 0.5) is 0 Å². The number of hydrogen-bond donors (Lipinski definition) is 1. The lowest BCUT2D eigenvalue weighted by Gasteiger charge is -2.22. The van der Waals surface area contributed by atoms with E-state index in [-0.39, 0.29) is 24.1 Å². The summed E-state index contributed by atoms with van der Waals surface area (Å²) in [6, 6.07) is 16.9. The van der Waals surface area contributed by atoms with Crippen LogP contribution in [0.1, 0.15) is 15.9 Å². The molecule has 0 amide bonds. The third-order valence-electron chi connectivity index (χ3n) is 3.53. The van der Waals surface area contributed by atoms with E-state index in [1.807, 2.05) is 30.3 Å². The van der Waals surface area contributed by atoms with Crippen LogP contribution in [-0.2, 0) is 0 Å². The molecule has 0 fully saturated rings. The maximum atomic E-state index is 12.4. The summed E-state index contributed by atoms with van der Waals surface area (Å²) in [5.74, 6) is 0.837. The Morgan fingerprint density at radius 3 is 2.36 bits per heavy atom. The van der Waals surface area contributed by atoms with Crippen molar-refractivity contribution in [3.63, 3.8) is 0 Å². The minimum atomic E-state index is -0.126. The fraction of sp³-hybridized carbons (Fsp3) is 0.176. The fourth-order valence-electron chi connectivity index (χ4n) is 2.36. The van der Waals surface area contributed by atoms with Gasteiger partial charge in [0.25, 0.3) is 0 Å². The molecule has 114 valence electrons. The zero-order chi connectivity index (χ0) is 14.7. The molecule has 0 bridgehead atoms. The number of nitrogens with one attached hydrogen (secondary N) is 1. The standard InChI is InChI=1S/C17H15ClN2O.ClH/c18-15-8-6-12(7-9-15)16(21)14-10-19-17(20-11-14)13-4-2-1-3-5-13;/h1-9,14H,10-11H2,(H,19,20);1H. The van der Waals surface area contributed by atoms with Gasteiger partial charge < -0.3 is 5.32 Å². The van der Waals surface area contributed by atoms with Gasteiger partial charge in [0, 0.05) is 22.7 Å². The number of ketones is 1. The summed E-state index contributed by atoms with van der Waals surface area (Å²) in [5, 5.41) is 3.89. The van der Waals surface area contributed by atoms with Crippen LogP contribution in [0.2, 0.25) is 5.02 Å². The zero-order valence-electron chi connectivity index (χ0n) is 11.8. The quantitative estimate of drug-likeness (QED) is 0.871. The molecule has 22 heavy (non-hydrogen) atoms. The number of hydrogen-bond acceptors (Lipinski definition) is 3. The minimum Gasteiger partial charge on any atom is -0.369 e. The van der Waals surface area contributed by atoms with E-state index < -0.39 is 0 Å². The summed E-state index contributed by atoms with van der Waals surface area (Å²) in [4.78, 5) is 16.9. The van der Waals surface area contributed by atoms with E-state index >= 15 is 0 Å². The van der Waals surface area contributed by atoms with Crippen LogP contribution in [0.3, 0.4) is 0 Å². The van der Waals surface area contributed by atoms with Gasteiger partial charge in [0.05, 0.1) is 12.5 Å². The molecule has 3 rings (SSSR count). The smallest absolute Gasteiger partial charge is 0.169 e. The van der Waals surface area contributed by atoms with E-state index in [0.29, 0.717) is 23.7 Å². The SMILES string of the molecule is Cl.O=C(c1ccc(Cl)cc1)C1CN=C(c2ccccc2)NC1. The Morgan fingerprint density at radius 1 is 1.09 bits per heavy atom. The first kappa shape index (κ1) is 16.5. The Hall–Kier alpha value is -1.84. The number of benzene rings is 2. The van der Waals surface area contributed by atoms with Gasteiger partial charge in [-0.1, -0.05) is 41.9 Å². The molecule has 2 aromatic rings. The molecule has 1 unspecified atom stereocenters. The molecule has 0 aliphatic carbocycles. The van der Waals surface area contributed by atoms with Crippen LogP contribution in [0.25, 0.3) is 0 Å². The van der Waals surface area contributed by atoms with Gasteiger partial charge in [0.1, 0.15) is 5.84 Å². The van der Waals surface area contributed by atoms with Crippen molar-refractivity contribution in [1.82, 2.24) is 5.32 Å². The number of carbonyl (C=O) groups is 1. The molecule has 1 heterocycles. The second-order valence-corrected chi connectivity index (χ2v) is 5.44. The molecule has 0 radical (unpaired) electrons. The number of Topliss-reactive ketones (excluding diaryl/α,β-unsaturated/α-hetero) is 1. The maximum Gasteiger partial charge on any atom is 0.169 e. The van der Waals surface area contributed by atoms with Gasteiger partial charge in [0.2, 0.25) is 0 Å². The summed E-state index contributed by atoms with van der Waals surface area (Å²) in [6.07, 6.45) is 0. The lowest BCUT2D eigenvalue weighted by molar-refractivity contribution is 0.0924. The number of amidine groups is 1. The Morgan fingerprint density at radius 2 is 1.77 bits per heavy atom. The van der Waals surface area contributed by atoms with Crippen molar-refractivity contribution in [3.05, 3.63) is 70.7 Å². The van der Waals surface area contributed by atoms with E-state index in [2.05, 4.69) is 10.3 Å². The largest absolute Gasteiger partial charge is 0.369 e. The molecular formula is C17H16Cl2N2O. The van der Waals surface area contributed by atoms with Crippen molar-refractivity contribution in [2.75, 3.05) is 13.1 Å². The highest BCUT2D eigenvalue weighted by atomic mass is 35.5. The number of halogens is 2. The summed E-state index contributed by atoms with van der Waals surface area (Å²) < 4.78 is 0. The molecule has 0 saturated heterocycles. The van der Waals surface area contributed by atoms with Crippen molar-refractivity contribution in [2.24, 2.45) is 10.9 Å². The Kier molecular flexibility index (Phi) is 5.58. The van der Waals surface area contributed by atoms with E-state index in [1.165, 1.54) is 0 Å². The van der Waals surface area contributed by atoms with Crippen LogP contribution in [0, 0.1) is 5.92 Å². The molecule has 1 atom stereocenters. The maximum absolute atomic E-state index is 12.4. The summed E-state index contributed by atoms with van der Waals surface area (Å²) in [6.45, 7) is 1.12. The van der Waals surface area contributed by atoms with Crippen LogP contribution in [0.5, 0.6) is 0 Å². The van der Waals surface area contributed by atoms with Crippen LogP contribution in [0.15, 0.2) is 59.6 Å². The number of rotatable bonds is 3. The Labute approximate surface area is 140 Å². The predicted octanol–water partition coefficient (Wildman–Crippen LogP) is 3.61. The number of carbonyl (C=O) groups excluding carboxylic acids is 1. The predicted molar refractivity (Wildman–Crippen MR) is 92.4 cm³/mol. The van der Waals surface area contributed by atoms with Crippen molar-refractivity contribution in [2.45, 2.75) is 0 Å². The third kappa shape index (κ3) is 3.67. The highest BCUT2D eigenvalue weighted by Gasteiger charge is 2.23. The summed E-state index contributed by atoms with van der Waals surface area (Å²) >= 11 is 5.84. The molecule has 2 aromatic carbocycles. The van der Waals surface area contributed by atoms with Crippen molar-refractivity contribution in [3.8, 4) is 0 Å². The average molecular weight is 335 g/mol. The van der Waals surface area contributed by atoms with Crippen molar-refractivity contribution < 1.29 is 4.79 Å². The van der Waals surface area contributed by atoms with Gasteiger partial charge in [-0.2, -0.15) is 0 Å². The highest BCUT2D eigenvalue weighted by Crippen LogP contribution is 2.16. The third-order valence-corrected chi connectivity index (χ3v) is 3.78. The second kappa shape index (κ2) is 7.43. The minimum absolute atomic E-state index is 0. The summed E-state index contributed by atoms with van der Waals surface area (Å²) in [7, 11) is 0. The van der Waals surface area contributed by atoms with Crippen molar-refractivity contribution in [1.29, 1.82) is 0 Å². The molecule has 5 heteroatoms. The first-order valence-electron chi connectivity index (χ1n) is 6.87. The fourth-order valence-corrected chi connectivity index (χ4v) is 2.48. The lowest BCUT2D eigenvalue weighted by atomic mass is 9.96. The van der Waals surface area contributed by atoms with Gasteiger partial charge in [0.15, 0.2) is 5.78 Å². The van der Waals surface area contributed by atoms with Gasteiger partial charge in [-0.25, -0.2) is 0 Å². The summed E-state index contributed by atoms with van der Waals surface area (Å²) in [5.41, 5.74) is 1.74. The topological polar surface area (TPSA) is 41.5 Å². The van der Waals surface area contributed by atoms with Crippen LogP contribution < -0.4 is 5.32 Å². The van der Waals surface area contributed by atoms with E-state index in [4.69, 9.17) is 11.6 Å². The normalized spacial score (nSPS) is 17.0. The number of nitrogens with zero attached hydrogens (tertiary/aromatic N) is 1.